The van der Waals surface area contributed by atoms with Gasteiger partial charge < -0.3 is 9.73 Å². The first kappa shape index (κ1) is 11.9. The van der Waals surface area contributed by atoms with Crippen LogP contribution < -0.4 is 5.32 Å². The van der Waals surface area contributed by atoms with Crippen molar-refractivity contribution in [2.45, 2.75) is 32.9 Å². The van der Waals surface area contributed by atoms with Crippen LogP contribution in [0.5, 0.6) is 0 Å². The first-order valence-electron chi connectivity index (χ1n) is 6.03. The average Bonchev–Trinajstić information content (AvgIpc) is 2.82. The lowest BCUT2D eigenvalue weighted by Gasteiger charge is -2.19. The van der Waals surface area contributed by atoms with Crippen molar-refractivity contribution in [3.05, 3.63) is 59.5 Å². The maximum atomic E-state index is 5.39. The van der Waals surface area contributed by atoms with Crippen molar-refractivity contribution in [3.63, 3.8) is 0 Å². The Morgan fingerprint density at radius 2 is 1.88 bits per heavy atom. The molecule has 0 spiro atoms. The van der Waals surface area contributed by atoms with E-state index in [-0.39, 0.29) is 6.04 Å². The summed E-state index contributed by atoms with van der Waals surface area (Å²) in [5.74, 6) is 0.976. The average molecular weight is 229 g/mol. The van der Waals surface area contributed by atoms with Crippen LogP contribution in [-0.2, 0) is 0 Å². The van der Waals surface area contributed by atoms with Gasteiger partial charge in [-0.2, -0.15) is 0 Å². The van der Waals surface area contributed by atoms with Crippen LogP contribution in [0.1, 0.15) is 42.8 Å². The van der Waals surface area contributed by atoms with Gasteiger partial charge in [0.1, 0.15) is 5.76 Å². The van der Waals surface area contributed by atoms with Crippen LogP contribution in [0.4, 0.5) is 0 Å². The Morgan fingerprint density at radius 3 is 2.53 bits per heavy atom. The van der Waals surface area contributed by atoms with Gasteiger partial charge in [-0.1, -0.05) is 29.8 Å². The highest BCUT2D eigenvalue weighted by atomic mass is 16.3. The Bertz CT molecular complexity index is 462. The molecule has 2 rings (SSSR count). The molecule has 0 saturated heterocycles. The van der Waals surface area contributed by atoms with E-state index in [1.807, 2.05) is 12.1 Å². The fourth-order valence-corrected chi connectivity index (χ4v) is 2.03. The first-order chi connectivity index (χ1) is 8.16. The number of aryl methyl sites for hydroxylation is 1. The summed E-state index contributed by atoms with van der Waals surface area (Å²) in [4.78, 5) is 0. The molecule has 1 N–H and O–H groups in total. The molecule has 2 nitrogen and oxygen atoms in total. The Morgan fingerprint density at radius 1 is 1.06 bits per heavy atom. The number of furan rings is 1. The van der Waals surface area contributed by atoms with Gasteiger partial charge in [0.05, 0.1) is 12.3 Å². The normalized spacial score (nSPS) is 14.5. The summed E-state index contributed by atoms with van der Waals surface area (Å²) in [6.45, 7) is 6.41. The summed E-state index contributed by atoms with van der Waals surface area (Å²) < 4.78 is 5.39. The Balaban J connectivity index is 2.04. The molecule has 2 aromatic rings. The number of rotatable bonds is 4. The highest BCUT2D eigenvalue weighted by Crippen LogP contribution is 2.20. The zero-order chi connectivity index (χ0) is 12.3. The lowest BCUT2D eigenvalue weighted by atomic mass is 10.0. The van der Waals surface area contributed by atoms with Gasteiger partial charge >= 0.3 is 0 Å². The van der Waals surface area contributed by atoms with E-state index in [0.29, 0.717) is 6.04 Å². The van der Waals surface area contributed by atoms with Crippen LogP contribution in [0.15, 0.2) is 47.1 Å². The van der Waals surface area contributed by atoms with Crippen molar-refractivity contribution in [2.24, 2.45) is 0 Å². The molecule has 0 saturated carbocycles. The SMILES string of the molecule is Cc1cccc(C(C)N[C@H](C)c2ccco2)c1. The Kier molecular flexibility index (Phi) is 3.64. The summed E-state index contributed by atoms with van der Waals surface area (Å²) in [7, 11) is 0. The predicted molar refractivity (Wildman–Crippen MR) is 69.9 cm³/mol. The summed E-state index contributed by atoms with van der Waals surface area (Å²) in [6.07, 6.45) is 1.71. The lowest BCUT2D eigenvalue weighted by Crippen LogP contribution is -2.22. The number of nitrogens with one attached hydrogen (secondary N) is 1. The van der Waals surface area contributed by atoms with E-state index < -0.39 is 0 Å². The van der Waals surface area contributed by atoms with Crippen LogP contribution in [0.25, 0.3) is 0 Å². The van der Waals surface area contributed by atoms with E-state index in [2.05, 4.69) is 50.4 Å². The van der Waals surface area contributed by atoms with Crippen LogP contribution in [0, 0.1) is 6.92 Å². The molecule has 0 bridgehead atoms. The molecule has 1 aromatic heterocycles. The van der Waals surface area contributed by atoms with E-state index in [4.69, 9.17) is 4.42 Å². The second-order valence-corrected chi connectivity index (χ2v) is 4.54. The van der Waals surface area contributed by atoms with Gasteiger partial charge in [0.15, 0.2) is 0 Å². The number of hydrogen-bond donors (Lipinski definition) is 1. The van der Waals surface area contributed by atoms with Crippen LogP contribution in [-0.4, -0.2) is 0 Å². The summed E-state index contributed by atoms with van der Waals surface area (Å²) in [5, 5.41) is 3.53. The minimum atomic E-state index is 0.223. The van der Waals surface area contributed by atoms with E-state index in [1.54, 1.807) is 6.26 Å². The van der Waals surface area contributed by atoms with Gasteiger partial charge in [0.25, 0.3) is 0 Å². The third kappa shape index (κ3) is 2.98. The third-order valence-electron chi connectivity index (χ3n) is 3.01. The summed E-state index contributed by atoms with van der Waals surface area (Å²) in [5.41, 5.74) is 2.60. The highest BCUT2D eigenvalue weighted by molar-refractivity contribution is 5.24. The molecule has 2 atom stereocenters. The second-order valence-electron chi connectivity index (χ2n) is 4.54. The van der Waals surface area contributed by atoms with Crippen molar-refractivity contribution in [3.8, 4) is 0 Å². The minimum Gasteiger partial charge on any atom is -0.468 e. The molecule has 1 aromatic carbocycles. The monoisotopic (exact) mass is 229 g/mol. The molecule has 0 amide bonds. The van der Waals surface area contributed by atoms with E-state index in [9.17, 15) is 0 Å². The quantitative estimate of drug-likeness (QED) is 0.857. The largest absolute Gasteiger partial charge is 0.468 e. The van der Waals surface area contributed by atoms with Crippen LogP contribution in [0.2, 0.25) is 0 Å². The van der Waals surface area contributed by atoms with Gasteiger partial charge in [-0.3, -0.25) is 0 Å². The topological polar surface area (TPSA) is 25.2 Å². The van der Waals surface area contributed by atoms with Gasteiger partial charge in [-0.05, 0) is 38.5 Å². The van der Waals surface area contributed by atoms with Gasteiger partial charge in [0.2, 0.25) is 0 Å². The molecule has 90 valence electrons. The molecule has 0 aliphatic heterocycles. The molecule has 0 fully saturated rings. The van der Waals surface area contributed by atoms with Gasteiger partial charge in [0, 0.05) is 6.04 Å². The first-order valence-corrected chi connectivity index (χ1v) is 6.03. The van der Waals surface area contributed by atoms with E-state index in [1.165, 1.54) is 11.1 Å². The zero-order valence-corrected chi connectivity index (χ0v) is 10.6. The standard InChI is InChI=1S/C15H19NO/c1-11-6-4-7-14(10-11)12(2)16-13(3)15-8-5-9-17-15/h4-10,12-13,16H,1-3H3/t12?,13-/m1/s1. The van der Waals surface area contributed by atoms with Gasteiger partial charge in [-0.15, -0.1) is 0 Å². The number of benzene rings is 1. The molecule has 1 heterocycles. The van der Waals surface area contributed by atoms with Crippen molar-refractivity contribution in [1.82, 2.24) is 5.32 Å². The molecule has 17 heavy (non-hydrogen) atoms. The van der Waals surface area contributed by atoms with Crippen molar-refractivity contribution < 1.29 is 4.42 Å². The summed E-state index contributed by atoms with van der Waals surface area (Å²) >= 11 is 0. The molecule has 0 radical (unpaired) electrons. The molecule has 2 heteroatoms. The van der Waals surface area contributed by atoms with Crippen LogP contribution >= 0.6 is 0 Å². The predicted octanol–water partition coefficient (Wildman–Crippen LogP) is 4.00. The lowest BCUT2D eigenvalue weighted by molar-refractivity contribution is 0.403. The van der Waals surface area contributed by atoms with Crippen LogP contribution in [0.3, 0.4) is 0 Å². The summed E-state index contributed by atoms with van der Waals surface area (Å²) in [6, 6.07) is 13.0. The molecule has 0 aliphatic carbocycles. The van der Waals surface area contributed by atoms with Crippen molar-refractivity contribution in [1.29, 1.82) is 0 Å². The van der Waals surface area contributed by atoms with Crippen molar-refractivity contribution in [2.75, 3.05) is 0 Å². The minimum absolute atomic E-state index is 0.223. The second kappa shape index (κ2) is 5.19. The fourth-order valence-electron chi connectivity index (χ4n) is 2.03. The number of hydrogen-bond acceptors (Lipinski definition) is 2. The fraction of sp³-hybridized carbons (Fsp3) is 0.333. The molecular formula is C15H19NO. The Hall–Kier alpha value is -1.54. The maximum Gasteiger partial charge on any atom is 0.120 e. The molecular weight excluding hydrogens is 210 g/mol. The maximum absolute atomic E-state index is 5.39. The molecule has 1 unspecified atom stereocenters. The molecule has 0 aliphatic rings. The van der Waals surface area contributed by atoms with Crippen molar-refractivity contribution >= 4 is 0 Å². The smallest absolute Gasteiger partial charge is 0.120 e. The van der Waals surface area contributed by atoms with E-state index in [0.717, 1.165) is 5.76 Å². The van der Waals surface area contributed by atoms with E-state index >= 15 is 0 Å². The Labute approximate surface area is 103 Å². The van der Waals surface area contributed by atoms with Gasteiger partial charge in [-0.25, -0.2) is 0 Å². The zero-order valence-electron chi connectivity index (χ0n) is 10.6. The third-order valence-corrected chi connectivity index (χ3v) is 3.01. The highest BCUT2D eigenvalue weighted by Gasteiger charge is 2.12.